The number of thioether (sulfide) groups is 1. The van der Waals surface area contributed by atoms with E-state index in [9.17, 15) is 9.59 Å². The van der Waals surface area contributed by atoms with E-state index in [4.69, 9.17) is 16.3 Å². The first kappa shape index (κ1) is 19.8. The van der Waals surface area contributed by atoms with Crippen molar-refractivity contribution in [3.63, 3.8) is 0 Å². The van der Waals surface area contributed by atoms with Gasteiger partial charge in [0.2, 0.25) is 0 Å². The molecule has 1 fully saturated rings. The lowest BCUT2D eigenvalue weighted by Gasteiger charge is -2.28. The molecular formula is C21H22ClNO3S. The van der Waals surface area contributed by atoms with E-state index in [0.29, 0.717) is 22.9 Å². The molecule has 0 aromatic heterocycles. The number of carbonyl (C=O) groups is 2. The average molecular weight is 404 g/mol. The van der Waals surface area contributed by atoms with Crippen LogP contribution in [0.4, 0.5) is 0 Å². The zero-order valence-electron chi connectivity index (χ0n) is 15.1. The number of esters is 1. The van der Waals surface area contributed by atoms with Crippen LogP contribution < -0.4 is 0 Å². The predicted molar refractivity (Wildman–Crippen MR) is 109 cm³/mol. The van der Waals surface area contributed by atoms with Gasteiger partial charge >= 0.3 is 5.97 Å². The minimum Gasteiger partial charge on any atom is -0.464 e. The molecule has 2 aromatic carbocycles. The summed E-state index contributed by atoms with van der Waals surface area (Å²) in [6, 6.07) is 16.0. The van der Waals surface area contributed by atoms with Crippen LogP contribution in [0.3, 0.4) is 0 Å². The van der Waals surface area contributed by atoms with Gasteiger partial charge in [-0.3, -0.25) is 4.79 Å². The fourth-order valence-electron chi connectivity index (χ4n) is 2.99. The molecule has 0 unspecified atom stereocenters. The number of benzene rings is 2. The molecule has 142 valence electrons. The summed E-state index contributed by atoms with van der Waals surface area (Å²) in [5.41, 5.74) is 1.46. The first-order valence-corrected chi connectivity index (χ1v) is 10.5. The Bertz CT molecular complexity index is 799. The van der Waals surface area contributed by atoms with E-state index in [2.05, 4.69) is 0 Å². The SMILES string of the molecule is CCCCOC(=O)[C@@H]1CS[C@@H](c2ccccc2)N1C(=O)c1cccc(Cl)c1. The zero-order chi connectivity index (χ0) is 19.2. The fraction of sp³-hybridized carbons (Fsp3) is 0.333. The fourth-order valence-corrected chi connectivity index (χ4v) is 4.60. The quantitative estimate of drug-likeness (QED) is 0.506. The van der Waals surface area contributed by atoms with Crippen molar-refractivity contribution >= 4 is 35.2 Å². The van der Waals surface area contributed by atoms with E-state index in [1.807, 2.05) is 37.3 Å². The van der Waals surface area contributed by atoms with Gasteiger partial charge in [0.05, 0.1) is 6.61 Å². The third-order valence-corrected chi connectivity index (χ3v) is 5.96. The third kappa shape index (κ3) is 4.66. The van der Waals surface area contributed by atoms with E-state index in [0.717, 1.165) is 18.4 Å². The molecule has 0 saturated carbocycles. The summed E-state index contributed by atoms with van der Waals surface area (Å²) in [4.78, 5) is 27.6. The Morgan fingerprint density at radius 3 is 2.67 bits per heavy atom. The Kier molecular flexibility index (Phi) is 6.80. The molecule has 0 aliphatic carbocycles. The van der Waals surface area contributed by atoms with Crippen molar-refractivity contribution in [2.45, 2.75) is 31.2 Å². The summed E-state index contributed by atoms with van der Waals surface area (Å²) in [5.74, 6) is -0.0462. The molecule has 1 heterocycles. The number of halogens is 1. The van der Waals surface area contributed by atoms with Gasteiger partial charge < -0.3 is 9.64 Å². The smallest absolute Gasteiger partial charge is 0.329 e. The average Bonchev–Trinajstić information content (AvgIpc) is 3.13. The van der Waals surface area contributed by atoms with Gasteiger partial charge in [-0.15, -0.1) is 11.8 Å². The molecule has 0 bridgehead atoms. The Morgan fingerprint density at radius 2 is 1.96 bits per heavy atom. The van der Waals surface area contributed by atoms with Crippen molar-refractivity contribution in [3.05, 3.63) is 70.7 Å². The summed E-state index contributed by atoms with van der Waals surface area (Å²) in [6.45, 7) is 2.42. The maximum atomic E-state index is 13.3. The normalized spacial score (nSPS) is 19.1. The molecular weight excluding hydrogens is 382 g/mol. The third-order valence-electron chi connectivity index (χ3n) is 4.41. The van der Waals surface area contributed by atoms with Crippen LogP contribution in [-0.2, 0) is 9.53 Å². The minimum absolute atomic E-state index is 0.214. The Morgan fingerprint density at radius 1 is 1.19 bits per heavy atom. The Labute approximate surface area is 168 Å². The van der Waals surface area contributed by atoms with Crippen molar-refractivity contribution in [1.29, 1.82) is 0 Å². The lowest BCUT2D eigenvalue weighted by molar-refractivity contribution is -0.148. The highest BCUT2D eigenvalue weighted by atomic mass is 35.5. The van der Waals surface area contributed by atoms with E-state index < -0.39 is 6.04 Å². The maximum Gasteiger partial charge on any atom is 0.329 e. The largest absolute Gasteiger partial charge is 0.464 e. The van der Waals surface area contributed by atoms with Gasteiger partial charge in [-0.2, -0.15) is 0 Å². The molecule has 6 heteroatoms. The van der Waals surface area contributed by atoms with Gasteiger partial charge in [0.15, 0.2) is 0 Å². The highest BCUT2D eigenvalue weighted by molar-refractivity contribution is 7.99. The van der Waals surface area contributed by atoms with Crippen molar-refractivity contribution in [1.82, 2.24) is 4.90 Å². The Balaban J connectivity index is 1.89. The first-order valence-electron chi connectivity index (χ1n) is 9.03. The summed E-state index contributed by atoms with van der Waals surface area (Å²) < 4.78 is 5.42. The monoisotopic (exact) mass is 403 g/mol. The number of carbonyl (C=O) groups excluding carboxylic acids is 2. The van der Waals surface area contributed by atoms with Gasteiger partial charge in [0.25, 0.3) is 5.91 Å². The number of amides is 1. The van der Waals surface area contributed by atoms with Gasteiger partial charge in [0.1, 0.15) is 11.4 Å². The second kappa shape index (κ2) is 9.29. The van der Waals surface area contributed by atoms with Crippen molar-refractivity contribution < 1.29 is 14.3 Å². The van der Waals surface area contributed by atoms with Crippen LogP contribution >= 0.6 is 23.4 Å². The van der Waals surface area contributed by atoms with Crippen LogP contribution in [0.5, 0.6) is 0 Å². The van der Waals surface area contributed by atoms with Crippen LogP contribution in [0.1, 0.15) is 41.1 Å². The van der Waals surface area contributed by atoms with Gasteiger partial charge in [0, 0.05) is 16.3 Å². The topological polar surface area (TPSA) is 46.6 Å². The highest BCUT2D eigenvalue weighted by Crippen LogP contribution is 2.42. The van der Waals surface area contributed by atoms with Crippen molar-refractivity contribution in [2.24, 2.45) is 0 Å². The molecule has 2 atom stereocenters. The maximum absolute atomic E-state index is 13.3. The molecule has 2 aromatic rings. The van der Waals surface area contributed by atoms with Crippen LogP contribution in [0.2, 0.25) is 5.02 Å². The van der Waals surface area contributed by atoms with Crippen LogP contribution in [0, 0.1) is 0 Å². The van der Waals surface area contributed by atoms with E-state index >= 15 is 0 Å². The lowest BCUT2D eigenvalue weighted by atomic mass is 10.1. The van der Waals surface area contributed by atoms with E-state index in [-0.39, 0.29) is 17.3 Å². The van der Waals surface area contributed by atoms with Crippen molar-refractivity contribution in [3.8, 4) is 0 Å². The summed E-state index contributed by atoms with van der Waals surface area (Å²) in [6.07, 6.45) is 1.76. The molecule has 0 radical (unpaired) electrons. The van der Waals surface area contributed by atoms with Crippen LogP contribution in [0.25, 0.3) is 0 Å². The predicted octanol–water partition coefficient (Wildman–Crippen LogP) is 4.94. The second-order valence-electron chi connectivity index (χ2n) is 6.36. The van der Waals surface area contributed by atoms with Gasteiger partial charge in [-0.05, 0) is 30.2 Å². The second-order valence-corrected chi connectivity index (χ2v) is 7.91. The van der Waals surface area contributed by atoms with E-state index in [1.54, 1.807) is 40.9 Å². The van der Waals surface area contributed by atoms with E-state index in [1.165, 1.54) is 0 Å². The van der Waals surface area contributed by atoms with Crippen LogP contribution in [0.15, 0.2) is 54.6 Å². The van der Waals surface area contributed by atoms with Gasteiger partial charge in [-0.1, -0.05) is 61.3 Å². The molecule has 4 nitrogen and oxygen atoms in total. The van der Waals surface area contributed by atoms with Gasteiger partial charge in [-0.25, -0.2) is 4.79 Å². The summed E-state index contributed by atoms with van der Waals surface area (Å²) in [5, 5.41) is 0.257. The molecule has 27 heavy (non-hydrogen) atoms. The molecule has 3 rings (SSSR count). The number of nitrogens with zero attached hydrogens (tertiary/aromatic N) is 1. The molecule has 1 saturated heterocycles. The molecule has 1 aliphatic heterocycles. The number of hydrogen-bond donors (Lipinski definition) is 0. The Hall–Kier alpha value is -1.98. The number of hydrogen-bond acceptors (Lipinski definition) is 4. The molecule has 0 N–H and O–H groups in total. The highest BCUT2D eigenvalue weighted by Gasteiger charge is 2.43. The lowest BCUT2D eigenvalue weighted by Crippen LogP contribution is -2.44. The zero-order valence-corrected chi connectivity index (χ0v) is 16.7. The van der Waals surface area contributed by atoms with Crippen molar-refractivity contribution in [2.75, 3.05) is 12.4 Å². The number of rotatable bonds is 6. The molecule has 0 spiro atoms. The minimum atomic E-state index is -0.608. The standard InChI is InChI=1S/C21H22ClNO3S/c1-2-3-12-26-21(25)18-14-27-20(15-8-5-4-6-9-15)23(18)19(24)16-10-7-11-17(22)13-16/h4-11,13,18,20H,2-3,12,14H2,1H3/t18-,20-/m0/s1. The number of unbranched alkanes of at least 4 members (excludes halogenated alkanes) is 1. The number of ether oxygens (including phenoxy) is 1. The summed E-state index contributed by atoms with van der Waals surface area (Å²) in [7, 11) is 0. The first-order chi connectivity index (χ1) is 13.1. The summed E-state index contributed by atoms with van der Waals surface area (Å²) >= 11 is 7.64. The molecule has 1 aliphatic rings. The molecule has 1 amide bonds. The van der Waals surface area contributed by atoms with Crippen LogP contribution in [-0.4, -0.2) is 35.2 Å².